The van der Waals surface area contributed by atoms with Gasteiger partial charge in [-0.15, -0.1) is 22.7 Å². The van der Waals surface area contributed by atoms with Crippen LogP contribution in [0.25, 0.3) is 34.1 Å². The van der Waals surface area contributed by atoms with Gasteiger partial charge in [-0.05, 0) is 67.9 Å². The number of phenolic OH excluding ortho intramolecular Hbond substituents is 1. The van der Waals surface area contributed by atoms with Gasteiger partial charge in [-0.1, -0.05) is 35.3 Å². The number of rotatable bonds is 9. The summed E-state index contributed by atoms with van der Waals surface area (Å²) in [5.74, 6) is -0.0867. The molecule has 0 radical (unpaired) electrons. The second-order valence-corrected chi connectivity index (χ2v) is 14.2. The van der Waals surface area contributed by atoms with Gasteiger partial charge in [0.1, 0.15) is 28.4 Å². The Morgan fingerprint density at radius 1 is 0.760 bits per heavy atom. The van der Waals surface area contributed by atoms with Gasteiger partial charge in [-0.25, -0.2) is 19.9 Å². The Morgan fingerprint density at radius 2 is 1.36 bits per heavy atom. The first-order valence-electron chi connectivity index (χ1n) is 15.4. The fourth-order valence-corrected chi connectivity index (χ4v) is 7.67. The highest BCUT2D eigenvalue weighted by atomic mass is 35.5. The summed E-state index contributed by atoms with van der Waals surface area (Å²) in [5.41, 5.74) is 8.98. The summed E-state index contributed by atoms with van der Waals surface area (Å²) in [5, 5.41) is 23.3. The third-order valence-corrected chi connectivity index (χ3v) is 10.1. The predicted molar refractivity (Wildman–Crippen MR) is 201 cm³/mol. The first-order chi connectivity index (χ1) is 24.2. The maximum atomic E-state index is 13.7. The quantitative estimate of drug-likeness (QED) is 0.125. The van der Waals surface area contributed by atoms with Crippen LogP contribution in [0.4, 0.5) is 21.6 Å². The number of ketones is 1. The number of thiazole rings is 2. The fraction of sp³-hybridized carbons (Fsp3) is 0.0833. The molecule has 0 unspecified atom stereocenters. The molecule has 50 heavy (non-hydrogen) atoms. The molecule has 3 N–H and O–H groups in total. The number of fused-ring (bicyclic) bond motifs is 2. The third-order valence-electron chi connectivity index (χ3n) is 8.10. The van der Waals surface area contributed by atoms with Crippen LogP contribution in [0.15, 0.2) is 89.9 Å². The van der Waals surface area contributed by atoms with Gasteiger partial charge in [0, 0.05) is 46.9 Å². The average Bonchev–Trinajstić information content (AvgIpc) is 3.86. The van der Waals surface area contributed by atoms with Gasteiger partial charge >= 0.3 is 0 Å². The van der Waals surface area contributed by atoms with Crippen molar-refractivity contribution in [3.63, 3.8) is 0 Å². The molecule has 0 atom stereocenters. The van der Waals surface area contributed by atoms with Gasteiger partial charge in [0.2, 0.25) is 0 Å². The number of nitrogens with zero attached hydrogens (tertiary/aromatic N) is 6. The number of carbonyl (C=O) groups excluding carboxylic acids is 1. The van der Waals surface area contributed by atoms with E-state index in [1.807, 2.05) is 88.3 Å². The molecule has 248 valence electrons. The van der Waals surface area contributed by atoms with Crippen molar-refractivity contribution < 1.29 is 9.90 Å². The van der Waals surface area contributed by atoms with Crippen LogP contribution in [-0.4, -0.2) is 39.6 Å². The Bertz CT molecular complexity index is 2590. The highest BCUT2D eigenvalue weighted by molar-refractivity contribution is 7.14. The number of phenols is 1. The Balaban J connectivity index is 0.999. The first kappa shape index (κ1) is 32.0. The molecule has 0 aliphatic heterocycles. The molecule has 6 heterocycles. The number of benzene rings is 2. The molecule has 0 fully saturated rings. The minimum atomic E-state index is -0.119. The van der Waals surface area contributed by atoms with Crippen LogP contribution in [0.2, 0.25) is 10.0 Å². The van der Waals surface area contributed by atoms with Gasteiger partial charge < -0.3 is 15.7 Å². The van der Waals surface area contributed by atoms with Gasteiger partial charge in [-0.3, -0.25) is 13.6 Å². The van der Waals surface area contributed by atoms with Crippen LogP contribution in [0, 0.1) is 13.8 Å². The second kappa shape index (κ2) is 12.9. The average molecular weight is 738 g/mol. The van der Waals surface area contributed by atoms with Crippen molar-refractivity contribution in [2.75, 3.05) is 10.6 Å². The summed E-state index contributed by atoms with van der Waals surface area (Å²) >= 11 is 15.4. The lowest BCUT2D eigenvalue weighted by molar-refractivity contribution is 0.0994. The van der Waals surface area contributed by atoms with E-state index in [1.165, 1.54) is 34.8 Å². The van der Waals surface area contributed by atoms with E-state index in [-0.39, 0.29) is 18.0 Å². The van der Waals surface area contributed by atoms with E-state index in [9.17, 15) is 9.90 Å². The molecule has 0 aliphatic carbocycles. The Kier molecular flexibility index (Phi) is 8.24. The molecule has 0 bridgehead atoms. The molecule has 0 aliphatic rings. The van der Waals surface area contributed by atoms with Crippen LogP contribution in [0.3, 0.4) is 0 Å². The highest BCUT2D eigenvalue weighted by Gasteiger charge is 2.19. The molecule has 0 spiro atoms. The molecule has 0 saturated carbocycles. The minimum absolute atomic E-state index is 0.0318. The normalized spacial score (nSPS) is 11.4. The van der Waals surface area contributed by atoms with Crippen LogP contribution >= 0.6 is 45.9 Å². The Labute approximate surface area is 303 Å². The van der Waals surface area contributed by atoms with Crippen LogP contribution in [0.5, 0.6) is 5.75 Å². The smallest absolute Gasteiger partial charge is 0.187 e. The van der Waals surface area contributed by atoms with Crippen molar-refractivity contribution in [1.29, 1.82) is 0 Å². The number of hydrogen-bond donors (Lipinski definition) is 3. The molecule has 0 saturated heterocycles. The van der Waals surface area contributed by atoms with Crippen LogP contribution < -0.4 is 10.6 Å². The zero-order valence-corrected chi connectivity index (χ0v) is 29.6. The molecule has 10 nitrogen and oxygen atoms in total. The Morgan fingerprint density at radius 3 is 1.98 bits per heavy atom. The number of hydrogen-bond acceptors (Lipinski definition) is 10. The SMILES string of the molecule is Cc1nc2ccc(Cl)cn2c1-c1csc(Nc2cccc(CC(=O)c3ccc(O)cc3Nc3nc(-c4c(C)nc5ccc(Cl)cn45)cs3)c2)n1. The van der Waals surface area contributed by atoms with E-state index in [0.29, 0.717) is 37.3 Å². The first-order valence-corrected chi connectivity index (χ1v) is 17.9. The lowest BCUT2D eigenvalue weighted by Gasteiger charge is -2.11. The van der Waals surface area contributed by atoms with Gasteiger partial charge in [0.15, 0.2) is 16.0 Å². The number of aromatic hydroxyl groups is 1. The summed E-state index contributed by atoms with van der Waals surface area (Å²) < 4.78 is 3.86. The summed E-state index contributed by atoms with van der Waals surface area (Å²) in [6.45, 7) is 3.88. The minimum Gasteiger partial charge on any atom is -0.508 e. The van der Waals surface area contributed by atoms with E-state index in [4.69, 9.17) is 33.2 Å². The topological polar surface area (TPSA) is 122 Å². The maximum Gasteiger partial charge on any atom is 0.187 e. The van der Waals surface area contributed by atoms with Gasteiger partial charge in [0.25, 0.3) is 0 Å². The molecule has 14 heteroatoms. The number of imidazole rings is 2. The number of aromatic nitrogens is 6. The Hall–Kier alpha value is -5.27. The zero-order valence-electron chi connectivity index (χ0n) is 26.5. The largest absolute Gasteiger partial charge is 0.508 e. The van der Waals surface area contributed by atoms with Crippen molar-refractivity contribution in [2.45, 2.75) is 20.3 Å². The second-order valence-electron chi connectivity index (χ2n) is 11.6. The molecule has 2 aromatic carbocycles. The molecule has 8 rings (SSSR count). The van der Waals surface area contributed by atoms with Crippen molar-refractivity contribution in [1.82, 2.24) is 28.7 Å². The highest BCUT2D eigenvalue weighted by Crippen LogP contribution is 2.34. The molecular weight excluding hydrogens is 711 g/mol. The van der Waals surface area contributed by atoms with Crippen LogP contribution in [-0.2, 0) is 6.42 Å². The lowest BCUT2D eigenvalue weighted by Crippen LogP contribution is -2.07. The van der Waals surface area contributed by atoms with Crippen molar-refractivity contribution in [3.05, 3.63) is 122 Å². The number of halogens is 2. The van der Waals surface area contributed by atoms with Gasteiger partial charge in [-0.2, -0.15) is 0 Å². The molecule has 6 aromatic heterocycles. The van der Waals surface area contributed by atoms with E-state index >= 15 is 0 Å². The number of aryl methyl sites for hydroxylation is 2. The van der Waals surface area contributed by atoms with Crippen molar-refractivity contribution in [2.24, 2.45) is 0 Å². The maximum absolute atomic E-state index is 13.7. The molecular formula is C36H26Cl2N8O2S2. The van der Waals surface area contributed by atoms with Crippen molar-refractivity contribution in [3.8, 4) is 28.5 Å². The number of pyridine rings is 2. The predicted octanol–water partition coefficient (Wildman–Crippen LogP) is 9.77. The monoisotopic (exact) mass is 736 g/mol. The third kappa shape index (κ3) is 6.18. The number of Topliss-reactive ketones (excluding diaryl/α,β-unsaturated/α-hetero) is 1. The van der Waals surface area contributed by atoms with E-state index in [0.717, 1.165) is 51.0 Å². The number of carbonyl (C=O) groups is 1. The summed E-state index contributed by atoms with van der Waals surface area (Å²) in [4.78, 5) is 32.6. The van der Waals surface area contributed by atoms with Crippen molar-refractivity contribution >= 4 is 84.6 Å². The lowest BCUT2D eigenvalue weighted by atomic mass is 10.0. The fourth-order valence-electron chi connectivity index (χ4n) is 5.93. The number of nitrogens with one attached hydrogen (secondary N) is 2. The van der Waals surface area contributed by atoms with Gasteiger partial charge in [0.05, 0.1) is 38.5 Å². The standard InChI is InChI=1S/C36H26Cl2N8O2S2/c1-19-33(45-15-22(37)6-10-31(45)39-19)28-17-49-35(43-28)41-24-5-3-4-21(12-24)13-30(48)26-9-8-25(47)14-27(26)42-36-44-29(18-50-36)34-20(2)40-32-11-7-23(38)16-46(32)34/h3-12,14-18,47H,13H2,1-2H3,(H,41,43)(H,42,44). The molecule has 0 amide bonds. The van der Waals surface area contributed by atoms with E-state index in [1.54, 1.807) is 12.1 Å². The van der Waals surface area contributed by atoms with Crippen LogP contribution in [0.1, 0.15) is 27.3 Å². The zero-order chi connectivity index (χ0) is 34.5. The summed E-state index contributed by atoms with van der Waals surface area (Å²) in [6.07, 6.45) is 3.79. The summed E-state index contributed by atoms with van der Waals surface area (Å²) in [6, 6.07) is 19.7. The van der Waals surface area contributed by atoms with E-state index in [2.05, 4.69) is 20.6 Å². The summed E-state index contributed by atoms with van der Waals surface area (Å²) in [7, 11) is 0. The molecule has 8 aromatic rings. The van der Waals surface area contributed by atoms with E-state index < -0.39 is 0 Å². The number of anilines is 4.